The van der Waals surface area contributed by atoms with Gasteiger partial charge in [0.05, 0.1) is 0 Å². The minimum absolute atomic E-state index is 0.156. The summed E-state index contributed by atoms with van der Waals surface area (Å²) < 4.78 is 0. The zero-order valence-electron chi connectivity index (χ0n) is 12.2. The molecule has 18 heavy (non-hydrogen) atoms. The minimum atomic E-state index is 0.156. The summed E-state index contributed by atoms with van der Waals surface area (Å²) in [6, 6.07) is 4.20. The Balaban J connectivity index is 2.60. The quantitative estimate of drug-likeness (QED) is 0.799. The first-order valence-corrected chi connectivity index (χ1v) is 7.04. The Hall–Kier alpha value is -0.760. The molecule has 0 unspecified atom stereocenters. The average molecular weight is 269 g/mol. The number of alkyl halides is 1. The van der Waals surface area contributed by atoms with Gasteiger partial charge in [0.15, 0.2) is 0 Å². The monoisotopic (exact) mass is 268 g/mol. The molecule has 0 atom stereocenters. The number of nitrogens with zero attached hydrogens (tertiary/aromatic N) is 1. The zero-order valence-corrected chi connectivity index (χ0v) is 12.9. The van der Waals surface area contributed by atoms with Gasteiger partial charge in [-0.25, -0.2) is 4.98 Å². The molecule has 0 bridgehead atoms. The van der Waals surface area contributed by atoms with Crippen LogP contribution >= 0.6 is 11.6 Å². The first-order chi connectivity index (χ1) is 8.24. The highest BCUT2D eigenvalue weighted by Crippen LogP contribution is 2.24. The lowest BCUT2D eigenvalue weighted by atomic mass is 9.88. The zero-order chi connectivity index (χ0) is 13.8. The Morgan fingerprint density at radius 3 is 2.28 bits per heavy atom. The van der Waals surface area contributed by atoms with E-state index in [9.17, 15) is 0 Å². The molecule has 0 amide bonds. The molecule has 0 fully saturated rings. The van der Waals surface area contributed by atoms with Crippen LogP contribution in [0.3, 0.4) is 0 Å². The van der Waals surface area contributed by atoms with E-state index in [1.807, 2.05) is 6.20 Å². The van der Waals surface area contributed by atoms with Gasteiger partial charge in [-0.05, 0) is 28.9 Å². The molecule has 0 aliphatic carbocycles. The van der Waals surface area contributed by atoms with Crippen molar-refractivity contribution in [2.45, 2.75) is 46.5 Å². The van der Waals surface area contributed by atoms with Crippen molar-refractivity contribution in [3.63, 3.8) is 0 Å². The average Bonchev–Trinajstić information content (AvgIpc) is 2.26. The second-order valence-corrected chi connectivity index (χ2v) is 7.02. The maximum absolute atomic E-state index is 5.80. The number of nitrogens with one attached hydrogen (secondary N) is 1. The second kappa shape index (κ2) is 5.92. The van der Waals surface area contributed by atoms with Crippen molar-refractivity contribution in [2.75, 3.05) is 17.7 Å². The molecule has 0 spiro atoms. The van der Waals surface area contributed by atoms with Crippen molar-refractivity contribution < 1.29 is 0 Å². The van der Waals surface area contributed by atoms with Crippen LogP contribution in [0.2, 0.25) is 0 Å². The Bertz CT molecular complexity index is 363. The number of aromatic nitrogens is 1. The van der Waals surface area contributed by atoms with Crippen LogP contribution in [0.1, 0.15) is 46.6 Å². The molecule has 3 heteroatoms. The number of halogens is 1. The third-order valence-electron chi connectivity index (χ3n) is 3.15. The maximum atomic E-state index is 5.80. The van der Waals surface area contributed by atoms with Crippen molar-refractivity contribution >= 4 is 17.4 Å². The Morgan fingerprint density at radius 2 is 1.83 bits per heavy atom. The van der Waals surface area contributed by atoms with Crippen LogP contribution in [0.4, 0.5) is 5.82 Å². The molecular formula is C15H25ClN2. The normalized spacial score (nSPS) is 12.6. The van der Waals surface area contributed by atoms with E-state index in [1.54, 1.807) is 0 Å². The SMILES string of the molecule is CC(C)(CCCl)CNc1ccc(C(C)(C)C)cn1. The van der Waals surface area contributed by atoms with E-state index in [0.29, 0.717) is 5.88 Å². The minimum Gasteiger partial charge on any atom is -0.370 e. The van der Waals surface area contributed by atoms with Crippen LogP contribution in [0.5, 0.6) is 0 Å². The number of anilines is 1. The molecule has 1 heterocycles. The van der Waals surface area contributed by atoms with Crippen molar-refractivity contribution in [3.8, 4) is 0 Å². The van der Waals surface area contributed by atoms with Gasteiger partial charge in [-0.1, -0.05) is 40.7 Å². The van der Waals surface area contributed by atoms with E-state index in [0.717, 1.165) is 18.8 Å². The summed E-state index contributed by atoms with van der Waals surface area (Å²) in [4.78, 5) is 4.46. The highest BCUT2D eigenvalue weighted by atomic mass is 35.5. The molecule has 102 valence electrons. The van der Waals surface area contributed by atoms with Gasteiger partial charge in [-0.15, -0.1) is 11.6 Å². The topological polar surface area (TPSA) is 24.9 Å². The second-order valence-electron chi connectivity index (χ2n) is 6.64. The molecule has 1 aromatic rings. The summed E-state index contributed by atoms with van der Waals surface area (Å²) in [5.74, 6) is 1.64. The lowest BCUT2D eigenvalue weighted by Gasteiger charge is -2.24. The lowest BCUT2D eigenvalue weighted by Crippen LogP contribution is -2.24. The van der Waals surface area contributed by atoms with E-state index in [1.165, 1.54) is 5.56 Å². The van der Waals surface area contributed by atoms with E-state index >= 15 is 0 Å². The smallest absolute Gasteiger partial charge is 0.125 e. The molecule has 0 aliphatic rings. The fourth-order valence-electron chi connectivity index (χ4n) is 1.62. The Labute approximate surface area is 116 Å². The van der Waals surface area contributed by atoms with Crippen LogP contribution in [0.15, 0.2) is 18.3 Å². The largest absolute Gasteiger partial charge is 0.370 e. The van der Waals surface area contributed by atoms with Gasteiger partial charge in [0.2, 0.25) is 0 Å². The van der Waals surface area contributed by atoms with Crippen LogP contribution in [0, 0.1) is 5.41 Å². The molecule has 0 saturated carbocycles. The number of hydrogen-bond acceptors (Lipinski definition) is 2. The molecule has 0 aromatic carbocycles. The predicted octanol–water partition coefficient (Wildman–Crippen LogP) is 4.45. The van der Waals surface area contributed by atoms with Gasteiger partial charge in [-0.2, -0.15) is 0 Å². The van der Waals surface area contributed by atoms with Crippen molar-refractivity contribution in [1.82, 2.24) is 4.98 Å². The summed E-state index contributed by atoms with van der Waals surface area (Å²) >= 11 is 5.80. The van der Waals surface area contributed by atoms with E-state index < -0.39 is 0 Å². The molecule has 1 aromatic heterocycles. The fraction of sp³-hybridized carbons (Fsp3) is 0.667. The highest BCUT2D eigenvalue weighted by Gasteiger charge is 2.17. The van der Waals surface area contributed by atoms with Gasteiger partial charge in [0, 0.05) is 18.6 Å². The molecular weight excluding hydrogens is 244 g/mol. The summed E-state index contributed by atoms with van der Waals surface area (Å²) in [5, 5.41) is 3.38. The standard InChI is InChI=1S/C15H25ClN2/c1-14(2,3)12-6-7-13(17-10-12)18-11-15(4,5)8-9-16/h6-7,10H,8-9,11H2,1-5H3,(H,17,18). The molecule has 2 nitrogen and oxygen atoms in total. The van der Waals surface area contributed by atoms with Crippen molar-refractivity contribution in [2.24, 2.45) is 5.41 Å². The summed E-state index contributed by atoms with van der Waals surface area (Å²) in [6.07, 6.45) is 2.96. The highest BCUT2D eigenvalue weighted by molar-refractivity contribution is 6.17. The molecule has 0 radical (unpaired) electrons. The summed E-state index contributed by atoms with van der Waals surface area (Å²) in [6.45, 7) is 11.9. The van der Waals surface area contributed by atoms with Gasteiger partial charge < -0.3 is 5.32 Å². The van der Waals surface area contributed by atoms with E-state index in [-0.39, 0.29) is 10.8 Å². The number of hydrogen-bond donors (Lipinski definition) is 1. The van der Waals surface area contributed by atoms with Crippen LogP contribution < -0.4 is 5.32 Å². The first kappa shape index (κ1) is 15.3. The third kappa shape index (κ3) is 4.85. The summed E-state index contributed by atoms with van der Waals surface area (Å²) in [7, 11) is 0. The van der Waals surface area contributed by atoms with Gasteiger partial charge in [-0.3, -0.25) is 0 Å². The van der Waals surface area contributed by atoms with Crippen molar-refractivity contribution in [1.29, 1.82) is 0 Å². The number of rotatable bonds is 5. The molecule has 0 aliphatic heterocycles. The lowest BCUT2D eigenvalue weighted by molar-refractivity contribution is 0.379. The Morgan fingerprint density at radius 1 is 1.17 bits per heavy atom. The maximum Gasteiger partial charge on any atom is 0.125 e. The first-order valence-electron chi connectivity index (χ1n) is 6.51. The molecule has 1 rings (SSSR count). The molecule has 0 saturated heterocycles. The van der Waals surface area contributed by atoms with Gasteiger partial charge >= 0.3 is 0 Å². The number of pyridine rings is 1. The van der Waals surface area contributed by atoms with Crippen LogP contribution in [0.25, 0.3) is 0 Å². The predicted molar refractivity (Wildman–Crippen MR) is 80.5 cm³/mol. The summed E-state index contributed by atoms with van der Waals surface area (Å²) in [5.41, 5.74) is 1.61. The molecule has 1 N–H and O–H groups in total. The Kier molecular flexibility index (Phi) is 5.03. The van der Waals surface area contributed by atoms with Crippen molar-refractivity contribution in [3.05, 3.63) is 23.9 Å². The van der Waals surface area contributed by atoms with Gasteiger partial charge in [0.25, 0.3) is 0 Å². The van der Waals surface area contributed by atoms with E-state index in [2.05, 4.69) is 57.1 Å². The van der Waals surface area contributed by atoms with Gasteiger partial charge in [0.1, 0.15) is 5.82 Å². The van der Waals surface area contributed by atoms with Crippen LogP contribution in [-0.2, 0) is 5.41 Å². The fourth-order valence-corrected chi connectivity index (χ4v) is 2.13. The third-order valence-corrected chi connectivity index (χ3v) is 3.34. The van der Waals surface area contributed by atoms with Crippen LogP contribution in [-0.4, -0.2) is 17.4 Å². The van der Waals surface area contributed by atoms with E-state index in [4.69, 9.17) is 11.6 Å².